The van der Waals surface area contributed by atoms with Crippen molar-refractivity contribution >= 4 is 81.2 Å². The Morgan fingerprint density at radius 1 is 1.10 bits per heavy atom. The molecule has 23 heteroatoms. The third-order valence-corrected chi connectivity index (χ3v) is 10.4. The minimum atomic E-state index is -1.51. The first kappa shape index (κ1) is 34.9. The molecule has 0 unspecified atom stereocenters. The van der Waals surface area contributed by atoms with E-state index in [2.05, 4.69) is 30.5 Å². The molecule has 51 heavy (non-hydrogen) atoms. The zero-order valence-electron chi connectivity index (χ0n) is 25.7. The second kappa shape index (κ2) is 13.8. The Hall–Kier alpha value is -5.94. The lowest BCUT2D eigenvalue weighted by molar-refractivity contribution is -0.150. The van der Waals surface area contributed by atoms with Gasteiger partial charge in [-0.25, -0.2) is 24.4 Å². The van der Waals surface area contributed by atoms with Gasteiger partial charge >= 0.3 is 17.9 Å². The van der Waals surface area contributed by atoms with E-state index in [9.17, 15) is 49.5 Å². The molecule has 20 nitrogen and oxygen atoms in total. The van der Waals surface area contributed by atoms with Gasteiger partial charge in [0.2, 0.25) is 0 Å². The van der Waals surface area contributed by atoms with Gasteiger partial charge < -0.3 is 41.4 Å². The number of aryl methyl sites for hydroxylation is 1. The number of β-lactam (4-membered cyclic amide) rings is 1. The van der Waals surface area contributed by atoms with Gasteiger partial charge in [0.15, 0.2) is 22.3 Å². The smallest absolute Gasteiger partial charge is 0.375 e. The summed E-state index contributed by atoms with van der Waals surface area (Å²) >= 11 is 3.36. The molecule has 3 aromatic heterocycles. The summed E-state index contributed by atoms with van der Waals surface area (Å²) in [5.74, 6) is -7.53. The zero-order valence-corrected chi connectivity index (χ0v) is 28.2. The number of phenolic OH excluding ortho intramolecular Hbond substituents is 1. The van der Waals surface area contributed by atoms with Crippen LogP contribution in [0.5, 0.6) is 11.5 Å². The number of fused-ring (bicyclic) bond motifs is 2. The summed E-state index contributed by atoms with van der Waals surface area (Å²) in [6.07, 6.45) is 0. The molecule has 0 spiro atoms. The first-order valence-corrected chi connectivity index (χ1v) is 17.2. The number of nitrogens with one attached hydrogen (secondary N) is 1. The summed E-state index contributed by atoms with van der Waals surface area (Å²) in [6, 6.07) is 2.56. The number of thiazole rings is 1. The normalized spacial score (nSPS) is 17.2. The van der Waals surface area contributed by atoms with Crippen molar-refractivity contribution in [3.05, 3.63) is 63.2 Å². The number of carboxylic acids is 3. The molecule has 4 aromatic rings. The van der Waals surface area contributed by atoms with Crippen LogP contribution >= 0.6 is 34.9 Å². The van der Waals surface area contributed by atoms with Crippen LogP contribution in [0.25, 0.3) is 5.78 Å². The molecule has 264 valence electrons. The topological polar surface area (TPSA) is 305 Å². The Morgan fingerprint density at radius 2 is 1.86 bits per heavy atom. The van der Waals surface area contributed by atoms with E-state index in [0.29, 0.717) is 16.3 Å². The van der Waals surface area contributed by atoms with Gasteiger partial charge in [-0.3, -0.25) is 14.5 Å². The Bertz CT molecular complexity index is 2220. The molecule has 0 saturated carbocycles. The number of anilines is 1. The molecule has 2 amide bonds. The highest BCUT2D eigenvalue weighted by Gasteiger charge is 2.54. The molecule has 6 rings (SSSR count). The van der Waals surface area contributed by atoms with Crippen LogP contribution in [0.3, 0.4) is 0 Å². The van der Waals surface area contributed by atoms with Crippen molar-refractivity contribution in [1.29, 1.82) is 0 Å². The van der Waals surface area contributed by atoms with Gasteiger partial charge in [-0.2, -0.15) is 9.50 Å². The predicted octanol–water partition coefficient (Wildman–Crippen LogP) is 0.731. The van der Waals surface area contributed by atoms with Crippen LogP contribution in [0.2, 0.25) is 0 Å². The number of nitrogen functional groups attached to an aromatic ring is 1. The number of aromatic nitrogens is 5. The molecule has 0 bridgehead atoms. The van der Waals surface area contributed by atoms with E-state index in [1.807, 2.05) is 0 Å². The highest BCUT2D eigenvalue weighted by Crippen LogP contribution is 2.42. The summed E-state index contributed by atoms with van der Waals surface area (Å²) in [4.78, 5) is 80.5. The number of nitrogens with zero attached hydrogens (tertiary/aromatic N) is 7. The monoisotopic (exact) mass is 757 g/mol. The maximum Gasteiger partial charge on any atom is 0.375 e. The molecule has 5 heterocycles. The number of hydrogen-bond donors (Lipinski definition) is 7. The Labute approximate surface area is 296 Å². The molecule has 1 saturated heterocycles. The molecule has 1 aromatic carbocycles. The molecule has 2 aliphatic rings. The van der Waals surface area contributed by atoms with E-state index >= 15 is 0 Å². The predicted molar refractivity (Wildman–Crippen MR) is 177 cm³/mol. The number of phenols is 2. The minimum absolute atomic E-state index is 0.0107. The number of oxime groups is 1. The summed E-state index contributed by atoms with van der Waals surface area (Å²) in [6.45, 7) is 1.23. The quantitative estimate of drug-likeness (QED) is 0.0262. The maximum absolute atomic E-state index is 13.5. The van der Waals surface area contributed by atoms with E-state index in [1.54, 1.807) is 13.0 Å². The van der Waals surface area contributed by atoms with Crippen LogP contribution in [-0.4, -0.2) is 113 Å². The number of benzene rings is 1. The van der Waals surface area contributed by atoms with Crippen LogP contribution in [0.1, 0.15) is 37.9 Å². The number of aromatic carboxylic acids is 2. The van der Waals surface area contributed by atoms with Crippen molar-refractivity contribution in [1.82, 2.24) is 34.8 Å². The molecule has 0 radical (unpaired) electrons. The van der Waals surface area contributed by atoms with Crippen LogP contribution in [-0.2, 0) is 25.8 Å². The molecule has 2 atom stereocenters. The number of aromatic hydroxyl groups is 2. The van der Waals surface area contributed by atoms with Crippen molar-refractivity contribution in [3.8, 4) is 11.5 Å². The van der Waals surface area contributed by atoms with Crippen LogP contribution in [0, 0.1) is 6.92 Å². The van der Waals surface area contributed by atoms with E-state index in [-0.39, 0.29) is 39.4 Å². The summed E-state index contributed by atoms with van der Waals surface area (Å²) < 4.78 is 1.24. The molecule has 8 N–H and O–H groups in total. The van der Waals surface area contributed by atoms with E-state index < -0.39 is 76.3 Å². The highest BCUT2D eigenvalue weighted by molar-refractivity contribution is 8.01. The second-order valence-corrected chi connectivity index (χ2v) is 13.7. The van der Waals surface area contributed by atoms with Gasteiger partial charge in [-0.15, -0.1) is 40.0 Å². The first-order chi connectivity index (χ1) is 24.2. The first-order valence-electron chi connectivity index (χ1n) is 14.2. The van der Waals surface area contributed by atoms with Gasteiger partial charge in [0.1, 0.15) is 40.0 Å². The van der Waals surface area contributed by atoms with Crippen molar-refractivity contribution in [3.63, 3.8) is 0 Å². The standard InChI is InChI=1S/C28H23N9O11S3/c1-9-2-15(37-28(30-9)33-20(34-37)26(46)47)49-6-11-7-50-23-17(22(41)36(23)18(11)25(44)45)32-21(40)16(13-8-51-27(29)31-13)35-48-5-10-3-12(24(42)43)19(39)14(38)4-10/h2-4,8,17,23,38-39H,5-7H2,1H3,(H2,29,31)(H,32,40)(H,42,43)(H,44,45)(H,46,47)/t17-,23-/m1/s1. The fraction of sp³-hybridized carbons (Fsp3) is 0.214. The lowest BCUT2D eigenvalue weighted by atomic mass is 10.0. The van der Waals surface area contributed by atoms with Gasteiger partial charge in [-0.05, 0) is 36.3 Å². The summed E-state index contributed by atoms with van der Waals surface area (Å²) in [5.41, 5.74) is 5.49. The Kier molecular flexibility index (Phi) is 9.42. The number of carboxylic acid groups (broad SMARTS) is 3. The maximum atomic E-state index is 13.5. The fourth-order valence-electron chi connectivity index (χ4n) is 5.01. The van der Waals surface area contributed by atoms with Crippen molar-refractivity contribution in [2.24, 2.45) is 5.16 Å². The summed E-state index contributed by atoms with van der Waals surface area (Å²) in [5, 5.41) is 59.8. The van der Waals surface area contributed by atoms with Gasteiger partial charge in [0.05, 0.1) is 0 Å². The number of carbonyl (C=O) groups excluding carboxylic acids is 2. The number of rotatable bonds is 12. The number of hydrogen-bond acceptors (Lipinski definition) is 17. The second-order valence-electron chi connectivity index (χ2n) is 10.7. The minimum Gasteiger partial charge on any atom is -0.504 e. The van der Waals surface area contributed by atoms with Crippen molar-refractivity contribution < 1.29 is 54.3 Å². The third-order valence-electron chi connectivity index (χ3n) is 7.28. The average molecular weight is 758 g/mol. The number of thioether (sulfide) groups is 2. The van der Waals surface area contributed by atoms with Crippen LogP contribution in [0.4, 0.5) is 5.13 Å². The van der Waals surface area contributed by atoms with E-state index in [0.717, 1.165) is 40.1 Å². The lowest BCUT2D eigenvalue weighted by Crippen LogP contribution is -2.71. The zero-order chi connectivity index (χ0) is 36.7. The van der Waals surface area contributed by atoms with E-state index in [4.69, 9.17) is 10.6 Å². The molecule has 2 aliphatic heterocycles. The molecule has 0 aliphatic carbocycles. The number of nitrogens with two attached hydrogens (primary N) is 1. The highest BCUT2D eigenvalue weighted by atomic mass is 32.2. The number of amides is 2. The number of carbonyl (C=O) groups is 5. The third kappa shape index (κ3) is 6.80. The van der Waals surface area contributed by atoms with Crippen LogP contribution < -0.4 is 11.1 Å². The largest absolute Gasteiger partial charge is 0.504 e. The lowest BCUT2D eigenvalue weighted by Gasteiger charge is -2.49. The van der Waals surface area contributed by atoms with Crippen molar-refractivity contribution in [2.75, 3.05) is 17.2 Å². The van der Waals surface area contributed by atoms with Gasteiger partial charge in [0, 0.05) is 22.6 Å². The van der Waals surface area contributed by atoms with Crippen molar-refractivity contribution in [2.45, 2.75) is 30.0 Å². The fourth-order valence-corrected chi connectivity index (χ4v) is 8.09. The molecular formula is C28H23N9O11S3. The number of aliphatic carboxylic acids is 1. The van der Waals surface area contributed by atoms with E-state index in [1.165, 1.54) is 21.7 Å². The van der Waals surface area contributed by atoms with Gasteiger partial charge in [-0.1, -0.05) is 5.16 Å². The van der Waals surface area contributed by atoms with Gasteiger partial charge in [0.25, 0.3) is 23.4 Å². The molecular weight excluding hydrogens is 735 g/mol. The average Bonchev–Trinajstić information content (AvgIpc) is 3.71. The summed E-state index contributed by atoms with van der Waals surface area (Å²) in [7, 11) is 0. The SMILES string of the molecule is Cc1cc(SCC2=C(C(=O)O)N3C(=O)[C@@H](NC(=O)C(=NOCc4cc(O)c(O)c(C(=O)O)c4)c4csc(N)n4)[C@H]3SC2)n2nc(C(=O)O)nc2n1. The Morgan fingerprint density at radius 3 is 2.53 bits per heavy atom. The van der Waals surface area contributed by atoms with Crippen LogP contribution in [0.15, 0.2) is 45.0 Å². The molecule has 1 fully saturated rings. The Balaban J connectivity index is 1.18.